The topological polar surface area (TPSA) is 27.6 Å². The van der Waals surface area contributed by atoms with E-state index in [9.17, 15) is 8.78 Å². The highest BCUT2D eigenvalue weighted by Gasteiger charge is 2.43. The number of rotatable bonds is 4. The highest BCUT2D eigenvalue weighted by atomic mass is 127. The molecule has 1 saturated carbocycles. The van der Waals surface area contributed by atoms with Gasteiger partial charge in [0.15, 0.2) is 5.96 Å². The molecule has 2 fully saturated rings. The Balaban J connectivity index is 0.00000208. The van der Waals surface area contributed by atoms with Gasteiger partial charge in [-0.2, -0.15) is 0 Å². The van der Waals surface area contributed by atoms with Gasteiger partial charge in [-0.3, -0.25) is 4.99 Å². The van der Waals surface area contributed by atoms with Crippen LogP contribution in [0, 0.1) is 17.0 Å². The average Bonchev–Trinajstić information content (AvgIpc) is 2.94. The molecule has 134 valence electrons. The van der Waals surface area contributed by atoms with Crippen molar-refractivity contribution in [3.8, 4) is 0 Å². The minimum atomic E-state index is -0.536. The van der Waals surface area contributed by atoms with Crippen LogP contribution < -0.4 is 5.32 Å². The number of aliphatic imine (C=N–C) groups is 1. The van der Waals surface area contributed by atoms with Crippen molar-refractivity contribution < 1.29 is 8.78 Å². The second-order valence-corrected chi connectivity index (χ2v) is 6.75. The summed E-state index contributed by atoms with van der Waals surface area (Å²) in [6, 6.07) is 3.74. The molecule has 3 rings (SSSR count). The molecule has 3 nitrogen and oxygen atoms in total. The van der Waals surface area contributed by atoms with Gasteiger partial charge in [-0.05, 0) is 49.7 Å². The molecule has 0 bridgehead atoms. The quantitative estimate of drug-likeness (QED) is 0.428. The van der Waals surface area contributed by atoms with E-state index in [-0.39, 0.29) is 24.0 Å². The summed E-state index contributed by atoms with van der Waals surface area (Å²) < 4.78 is 26.6. The Bertz CT molecular complexity index is 588. The molecule has 24 heavy (non-hydrogen) atoms. The summed E-state index contributed by atoms with van der Waals surface area (Å²) in [4.78, 5) is 6.99. The van der Waals surface area contributed by atoms with E-state index in [2.05, 4.69) is 22.1 Å². The fourth-order valence-corrected chi connectivity index (χ4v) is 3.63. The summed E-state index contributed by atoms with van der Waals surface area (Å²) in [5, 5.41) is 3.34. The SMILES string of the molecule is CCNC(=NCCc1ccc(F)cc1F)N1CCC2(CCC2)C1.I. The van der Waals surface area contributed by atoms with Crippen molar-refractivity contribution in [2.45, 2.75) is 39.0 Å². The zero-order chi connectivity index (χ0) is 16.3. The van der Waals surface area contributed by atoms with Crippen LogP contribution in [0.15, 0.2) is 23.2 Å². The van der Waals surface area contributed by atoms with Crippen molar-refractivity contribution in [3.63, 3.8) is 0 Å². The normalized spacial score (nSPS) is 19.1. The molecule has 1 heterocycles. The predicted molar refractivity (Wildman–Crippen MR) is 104 cm³/mol. The van der Waals surface area contributed by atoms with E-state index in [1.807, 2.05) is 0 Å². The first-order valence-electron chi connectivity index (χ1n) is 8.59. The number of nitrogens with one attached hydrogen (secondary N) is 1. The van der Waals surface area contributed by atoms with Crippen LogP contribution in [-0.2, 0) is 6.42 Å². The summed E-state index contributed by atoms with van der Waals surface area (Å²) >= 11 is 0. The van der Waals surface area contributed by atoms with Crippen LogP contribution >= 0.6 is 24.0 Å². The Hall–Kier alpha value is -0.920. The van der Waals surface area contributed by atoms with Gasteiger partial charge < -0.3 is 10.2 Å². The summed E-state index contributed by atoms with van der Waals surface area (Å²) in [6.07, 6.45) is 5.77. The Kier molecular flexibility index (Phi) is 6.83. The van der Waals surface area contributed by atoms with Crippen LogP contribution in [0.4, 0.5) is 8.78 Å². The summed E-state index contributed by atoms with van der Waals surface area (Å²) in [6.45, 7) is 5.53. The number of likely N-dealkylation sites (tertiary alicyclic amines) is 1. The van der Waals surface area contributed by atoms with Gasteiger partial charge in [-0.1, -0.05) is 12.5 Å². The fourth-order valence-electron chi connectivity index (χ4n) is 3.63. The number of nitrogens with zero attached hydrogens (tertiary/aromatic N) is 2. The highest BCUT2D eigenvalue weighted by molar-refractivity contribution is 14.0. The molecule has 1 aliphatic carbocycles. The average molecular weight is 449 g/mol. The minimum absolute atomic E-state index is 0. The monoisotopic (exact) mass is 449 g/mol. The number of hydrogen-bond donors (Lipinski definition) is 1. The van der Waals surface area contributed by atoms with Crippen molar-refractivity contribution in [1.82, 2.24) is 10.2 Å². The molecule has 1 aliphatic heterocycles. The molecule has 0 atom stereocenters. The summed E-state index contributed by atoms with van der Waals surface area (Å²) in [5.41, 5.74) is 1.04. The van der Waals surface area contributed by atoms with E-state index in [1.54, 1.807) is 0 Å². The van der Waals surface area contributed by atoms with Gasteiger partial charge >= 0.3 is 0 Å². The molecule has 2 aliphatic rings. The molecular formula is C18H26F2IN3. The highest BCUT2D eigenvalue weighted by Crippen LogP contribution is 2.47. The van der Waals surface area contributed by atoms with Gasteiger partial charge in [0.05, 0.1) is 0 Å². The smallest absolute Gasteiger partial charge is 0.193 e. The molecule has 1 spiro atoms. The van der Waals surface area contributed by atoms with E-state index < -0.39 is 11.6 Å². The van der Waals surface area contributed by atoms with Crippen molar-refractivity contribution in [2.75, 3.05) is 26.2 Å². The lowest BCUT2D eigenvalue weighted by molar-refractivity contribution is 0.151. The number of hydrogen-bond acceptors (Lipinski definition) is 1. The van der Waals surface area contributed by atoms with E-state index in [0.29, 0.717) is 23.9 Å². The third kappa shape index (κ3) is 4.37. The zero-order valence-electron chi connectivity index (χ0n) is 14.2. The predicted octanol–water partition coefficient (Wildman–Crippen LogP) is 3.97. The minimum Gasteiger partial charge on any atom is -0.357 e. The first kappa shape index (κ1) is 19.4. The fraction of sp³-hybridized carbons (Fsp3) is 0.611. The third-order valence-electron chi connectivity index (χ3n) is 5.14. The van der Waals surface area contributed by atoms with Crippen LogP contribution in [0.2, 0.25) is 0 Å². The van der Waals surface area contributed by atoms with E-state index >= 15 is 0 Å². The molecule has 1 saturated heterocycles. The van der Waals surface area contributed by atoms with Gasteiger partial charge in [-0.25, -0.2) is 8.78 Å². The third-order valence-corrected chi connectivity index (χ3v) is 5.14. The first-order chi connectivity index (χ1) is 11.1. The Labute approximate surface area is 159 Å². The maximum atomic E-state index is 13.7. The number of halogens is 3. The lowest BCUT2D eigenvalue weighted by atomic mass is 9.68. The first-order valence-corrected chi connectivity index (χ1v) is 8.59. The zero-order valence-corrected chi connectivity index (χ0v) is 16.5. The van der Waals surface area contributed by atoms with Gasteiger partial charge in [-0.15, -0.1) is 24.0 Å². The van der Waals surface area contributed by atoms with E-state index in [1.165, 1.54) is 37.8 Å². The molecule has 1 N–H and O–H groups in total. The van der Waals surface area contributed by atoms with Crippen LogP contribution in [0.1, 0.15) is 38.2 Å². The molecule has 1 aromatic carbocycles. The van der Waals surface area contributed by atoms with Gasteiger partial charge in [0, 0.05) is 32.2 Å². The van der Waals surface area contributed by atoms with Crippen molar-refractivity contribution in [2.24, 2.45) is 10.4 Å². The van der Waals surface area contributed by atoms with Gasteiger partial charge in [0.2, 0.25) is 0 Å². The van der Waals surface area contributed by atoms with E-state index in [0.717, 1.165) is 31.7 Å². The Morgan fingerprint density at radius 3 is 2.67 bits per heavy atom. The van der Waals surface area contributed by atoms with Crippen molar-refractivity contribution >= 4 is 29.9 Å². The molecule has 0 unspecified atom stereocenters. The molecule has 0 amide bonds. The van der Waals surface area contributed by atoms with E-state index in [4.69, 9.17) is 0 Å². The van der Waals surface area contributed by atoms with Crippen molar-refractivity contribution in [1.29, 1.82) is 0 Å². The van der Waals surface area contributed by atoms with Gasteiger partial charge in [0.1, 0.15) is 11.6 Å². The number of benzene rings is 1. The molecule has 0 radical (unpaired) electrons. The second kappa shape index (κ2) is 8.45. The van der Waals surface area contributed by atoms with Crippen LogP contribution in [0.5, 0.6) is 0 Å². The van der Waals surface area contributed by atoms with Crippen molar-refractivity contribution in [3.05, 3.63) is 35.4 Å². The molecule has 1 aromatic rings. The maximum Gasteiger partial charge on any atom is 0.193 e. The molecule has 0 aromatic heterocycles. The van der Waals surface area contributed by atoms with Gasteiger partial charge in [0.25, 0.3) is 0 Å². The Morgan fingerprint density at radius 1 is 1.29 bits per heavy atom. The summed E-state index contributed by atoms with van der Waals surface area (Å²) in [5.74, 6) is -0.0930. The van der Waals surface area contributed by atoms with Crippen LogP contribution in [0.3, 0.4) is 0 Å². The standard InChI is InChI=1S/C18H25F2N3.HI/c1-2-21-17(23-11-9-18(13-23)7-3-8-18)22-10-6-14-4-5-15(19)12-16(14)20;/h4-5,12H,2-3,6-11,13H2,1H3,(H,21,22);1H. The molecule has 6 heteroatoms. The second-order valence-electron chi connectivity index (χ2n) is 6.75. The number of guanidine groups is 1. The maximum absolute atomic E-state index is 13.7. The molecular weight excluding hydrogens is 423 g/mol. The largest absolute Gasteiger partial charge is 0.357 e. The lowest BCUT2D eigenvalue weighted by Gasteiger charge is -2.38. The lowest BCUT2D eigenvalue weighted by Crippen LogP contribution is -2.42. The Morgan fingerprint density at radius 2 is 2.08 bits per heavy atom. The van der Waals surface area contributed by atoms with Crippen LogP contribution in [0.25, 0.3) is 0 Å². The summed E-state index contributed by atoms with van der Waals surface area (Å²) in [7, 11) is 0. The van der Waals surface area contributed by atoms with Crippen LogP contribution in [-0.4, -0.2) is 37.0 Å².